The van der Waals surface area contributed by atoms with Crippen LogP contribution in [0.2, 0.25) is 0 Å². The van der Waals surface area contributed by atoms with Crippen LogP contribution >= 0.6 is 11.8 Å². The van der Waals surface area contributed by atoms with Crippen molar-refractivity contribution >= 4 is 17.7 Å². The summed E-state index contributed by atoms with van der Waals surface area (Å²) in [5, 5.41) is 12.3. The van der Waals surface area contributed by atoms with Gasteiger partial charge in [0.05, 0.1) is 5.75 Å². The Morgan fingerprint density at radius 3 is 2.61 bits per heavy atom. The third kappa shape index (κ3) is 5.61. The lowest BCUT2D eigenvalue weighted by molar-refractivity contribution is -0.118. The van der Waals surface area contributed by atoms with Crippen LogP contribution in [0.5, 0.6) is 0 Å². The molecule has 1 heterocycles. The van der Waals surface area contributed by atoms with Crippen LogP contribution in [0.25, 0.3) is 17.1 Å². The van der Waals surface area contributed by atoms with Gasteiger partial charge in [0.2, 0.25) is 5.91 Å². The molecule has 7 heteroatoms. The summed E-state index contributed by atoms with van der Waals surface area (Å²) >= 11 is 1.34. The maximum atomic E-state index is 13.4. The van der Waals surface area contributed by atoms with E-state index in [1.165, 1.54) is 42.3 Å². The third-order valence-electron chi connectivity index (χ3n) is 5.24. The van der Waals surface area contributed by atoms with E-state index < -0.39 is 0 Å². The summed E-state index contributed by atoms with van der Waals surface area (Å²) in [5.41, 5.74) is 3.10. The van der Waals surface area contributed by atoms with E-state index in [9.17, 15) is 9.18 Å². The number of allylic oxidation sites excluding steroid dienone is 1. The zero-order valence-electron chi connectivity index (χ0n) is 17.3. The SMILES string of the molecule is O=C(CSc1nnc(-c2ccc(F)cc2)n1-c1ccccc1)NCCC1=CCCCC1. The van der Waals surface area contributed by atoms with Crippen molar-refractivity contribution in [2.24, 2.45) is 0 Å². The number of nitrogens with zero attached hydrogens (tertiary/aromatic N) is 3. The molecule has 0 atom stereocenters. The lowest BCUT2D eigenvalue weighted by Gasteiger charge is -2.13. The molecule has 0 saturated heterocycles. The molecule has 3 aromatic rings. The summed E-state index contributed by atoms with van der Waals surface area (Å²) in [6.45, 7) is 0.664. The Balaban J connectivity index is 1.44. The van der Waals surface area contributed by atoms with E-state index in [1.54, 1.807) is 12.1 Å². The normalized spacial score (nSPS) is 13.6. The number of aromatic nitrogens is 3. The average molecular weight is 437 g/mol. The summed E-state index contributed by atoms with van der Waals surface area (Å²) in [5.74, 6) is 0.545. The van der Waals surface area contributed by atoms with Gasteiger partial charge in [0.15, 0.2) is 11.0 Å². The van der Waals surface area contributed by atoms with Crippen molar-refractivity contribution in [3.63, 3.8) is 0 Å². The molecule has 0 bridgehead atoms. The van der Waals surface area contributed by atoms with Crippen molar-refractivity contribution in [1.82, 2.24) is 20.1 Å². The first-order valence-electron chi connectivity index (χ1n) is 10.5. The molecule has 4 rings (SSSR count). The molecule has 0 aliphatic heterocycles. The molecule has 5 nitrogen and oxygen atoms in total. The Kier molecular flexibility index (Phi) is 7.14. The minimum absolute atomic E-state index is 0.0210. The fourth-order valence-electron chi connectivity index (χ4n) is 3.63. The molecule has 0 spiro atoms. The van der Waals surface area contributed by atoms with Crippen molar-refractivity contribution in [2.75, 3.05) is 12.3 Å². The summed E-state index contributed by atoms with van der Waals surface area (Å²) in [6.07, 6.45) is 8.06. The van der Waals surface area contributed by atoms with Crippen molar-refractivity contribution < 1.29 is 9.18 Å². The third-order valence-corrected chi connectivity index (χ3v) is 6.16. The van der Waals surface area contributed by atoms with Crippen LogP contribution in [-0.2, 0) is 4.79 Å². The number of benzene rings is 2. The predicted molar refractivity (Wildman–Crippen MR) is 122 cm³/mol. The quantitative estimate of drug-likeness (QED) is 0.391. The molecule has 1 aliphatic rings. The van der Waals surface area contributed by atoms with E-state index in [4.69, 9.17) is 0 Å². The molecule has 2 aromatic carbocycles. The van der Waals surface area contributed by atoms with Crippen LogP contribution in [0.4, 0.5) is 4.39 Å². The van der Waals surface area contributed by atoms with Gasteiger partial charge >= 0.3 is 0 Å². The van der Waals surface area contributed by atoms with Crippen LogP contribution in [0.1, 0.15) is 32.1 Å². The van der Waals surface area contributed by atoms with Gasteiger partial charge in [-0.05, 0) is 68.5 Å². The van der Waals surface area contributed by atoms with Gasteiger partial charge in [-0.25, -0.2) is 4.39 Å². The number of thioether (sulfide) groups is 1. The Morgan fingerprint density at radius 1 is 1.06 bits per heavy atom. The van der Waals surface area contributed by atoms with Gasteiger partial charge in [-0.1, -0.05) is 41.6 Å². The highest BCUT2D eigenvalue weighted by molar-refractivity contribution is 7.99. The van der Waals surface area contributed by atoms with Gasteiger partial charge in [-0.2, -0.15) is 0 Å². The summed E-state index contributed by atoms with van der Waals surface area (Å²) in [6, 6.07) is 15.9. The van der Waals surface area contributed by atoms with E-state index in [0.717, 1.165) is 30.5 Å². The van der Waals surface area contributed by atoms with Crippen LogP contribution in [0.3, 0.4) is 0 Å². The molecule has 0 fully saturated rings. The molecule has 0 unspecified atom stereocenters. The smallest absolute Gasteiger partial charge is 0.230 e. The zero-order chi connectivity index (χ0) is 21.5. The van der Waals surface area contributed by atoms with Crippen LogP contribution in [0.15, 0.2) is 71.4 Å². The second-order valence-electron chi connectivity index (χ2n) is 7.48. The predicted octanol–water partition coefficient (Wildman–Crippen LogP) is 5.17. The standard InChI is InChI=1S/C24H25FN4OS/c25-20-13-11-19(12-14-20)23-27-28-24(29(23)21-9-5-2-6-10-21)31-17-22(30)26-16-15-18-7-3-1-4-8-18/h2,5-7,9-14H,1,3-4,8,15-17H2,(H,26,30). The fourth-order valence-corrected chi connectivity index (χ4v) is 4.42. The Hall–Kier alpha value is -2.93. The number of para-hydroxylation sites is 1. The van der Waals surface area contributed by atoms with E-state index in [2.05, 4.69) is 21.6 Å². The topological polar surface area (TPSA) is 59.8 Å². The van der Waals surface area contributed by atoms with Crippen molar-refractivity contribution in [1.29, 1.82) is 0 Å². The van der Waals surface area contributed by atoms with E-state index in [1.807, 2.05) is 34.9 Å². The Labute approximate surface area is 185 Å². The van der Waals surface area contributed by atoms with Crippen molar-refractivity contribution in [3.8, 4) is 17.1 Å². The van der Waals surface area contributed by atoms with E-state index in [0.29, 0.717) is 17.5 Å². The van der Waals surface area contributed by atoms with Crippen LogP contribution in [-0.4, -0.2) is 33.0 Å². The highest BCUT2D eigenvalue weighted by atomic mass is 32.2. The highest BCUT2D eigenvalue weighted by Gasteiger charge is 2.17. The molecule has 1 aliphatic carbocycles. The molecule has 160 valence electrons. The number of nitrogens with one attached hydrogen (secondary N) is 1. The molecule has 1 amide bonds. The maximum absolute atomic E-state index is 13.4. The first kappa shape index (κ1) is 21.3. The highest BCUT2D eigenvalue weighted by Crippen LogP contribution is 2.28. The number of carbonyl (C=O) groups is 1. The lowest BCUT2D eigenvalue weighted by Crippen LogP contribution is -2.26. The largest absolute Gasteiger partial charge is 0.355 e. The first-order valence-corrected chi connectivity index (χ1v) is 11.5. The zero-order valence-corrected chi connectivity index (χ0v) is 18.1. The second kappa shape index (κ2) is 10.4. The van der Waals surface area contributed by atoms with Crippen LogP contribution in [0, 0.1) is 5.82 Å². The first-order chi connectivity index (χ1) is 15.2. The van der Waals surface area contributed by atoms with E-state index >= 15 is 0 Å². The number of carbonyl (C=O) groups excluding carboxylic acids is 1. The summed E-state index contributed by atoms with van der Waals surface area (Å²) < 4.78 is 15.3. The van der Waals surface area contributed by atoms with Gasteiger partial charge in [-0.3, -0.25) is 9.36 Å². The fraction of sp³-hybridized carbons (Fsp3) is 0.292. The van der Waals surface area contributed by atoms with Crippen molar-refractivity contribution in [3.05, 3.63) is 72.1 Å². The molecule has 1 aromatic heterocycles. The molecular weight excluding hydrogens is 411 g/mol. The Bertz CT molecular complexity index is 1050. The Morgan fingerprint density at radius 2 is 1.87 bits per heavy atom. The molecule has 31 heavy (non-hydrogen) atoms. The van der Waals surface area contributed by atoms with Crippen LogP contribution < -0.4 is 5.32 Å². The number of halogens is 1. The molecular formula is C24H25FN4OS. The average Bonchev–Trinajstić information content (AvgIpc) is 3.23. The second-order valence-corrected chi connectivity index (χ2v) is 8.42. The number of hydrogen-bond acceptors (Lipinski definition) is 4. The van der Waals surface area contributed by atoms with E-state index in [-0.39, 0.29) is 17.5 Å². The van der Waals surface area contributed by atoms with Gasteiger partial charge in [0.25, 0.3) is 0 Å². The lowest BCUT2D eigenvalue weighted by atomic mass is 9.97. The number of hydrogen-bond donors (Lipinski definition) is 1. The van der Waals surface area contributed by atoms with Gasteiger partial charge < -0.3 is 5.32 Å². The number of amides is 1. The number of rotatable bonds is 8. The minimum Gasteiger partial charge on any atom is -0.355 e. The van der Waals surface area contributed by atoms with Crippen molar-refractivity contribution in [2.45, 2.75) is 37.3 Å². The molecule has 0 radical (unpaired) electrons. The summed E-state index contributed by atoms with van der Waals surface area (Å²) in [4.78, 5) is 12.4. The van der Waals surface area contributed by atoms with Gasteiger partial charge in [0.1, 0.15) is 5.82 Å². The molecule has 1 N–H and O–H groups in total. The maximum Gasteiger partial charge on any atom is 0.230 e. The monoisotopic (exact) mass is 436 g/mol. The van der Waals surface area contributed by atoms with Gasteiger partial charge in [0, 0.05) is 17.8 Å². The summed E-state index contributed by atoms with van der Waals surface area (Å²) in [7, 11) is 0. The minimum atomic E-state index is -0.301. The van der Waals surface area contributed by atoms with Gasteiger partial charge in [-0.15, -0.1) is 10.2 Å². The molecule has 0 saturated carbocycles.